The summed E-state index contributed by atoms with van der Waals surface area (Å²) in [5.74, 6) is -0.377. The van der Waals surface area contributed by atoms with Crippen molar-refractivity contribution in [1.29, 1.82) is 0 Å². The summed E-state index contributed by atoms with van der Waals surface area (Å²) in [6.45, 7) is 1.79. The highest BCUT2D eigenvalue weighted by molar-refractivity contribution is 5.72. The van der Waals surface area contributed by atoms with Crippen molar-refractivity contribution in [2.45, 2.75) is 13.3 Å². The average Bonchev–Trinajstić information content (AvgIpc) is 2.19. The lowest BCUT2D eigenvalue weighted by atomic mass is 10.0. The van der Waals surface area contributed by atoms with Crippen LogP contribution in [0.5, 0.6) is 0 Å². The van der Waals surface area contributed by atoms with Crippen molar-refractivity contribution in [3.8, 4) is 0 Å². The van der Waals surface area contributed by atoms with E-state index >= 15 is 0 Å². The number of benzene rings is 1. The maximum Gasteiger partial charge on any atom is 0.310 e. The number of carbonyl (C=O) groups is 1. The smallest absolute Gasteiger partial charge is 0.310 e. The van der Waals surface area contributed by atoms with E-state index in [1.54, 1.807) is 0 Å². The molecule has 0 aliphatic carbocycles. The van der Waals surface area contributed by atoms with Crippen LogP contribution in [0.15, 0.2) is 30.3 Å². The number of nitrogens with two attached hydrogens (primary N) is 1. The zero-order valence-electron chi connectivity index (χ0n) is 8.27. The molecule has 0 saturated carbocycles. The lowest BCUT2D eigenvalue weighted by Gasteiger charge is -2.09. The Kier molecular flexibility index (Phi) is 4.13. The monoisotopic (exact) mass is 193 g/mol. The minimum atomic E-state index is -0.239. The first-order valence-electron chi connectivity index (χ1n) is 4.64. The number of hydrogen-bond donors (Lipinski definition) is 1. The molecule has 0 heterocycles. The molecule has 14 heavy (non-hydrogen) atoms. The molecule has 0 saturated heterocycles. The van der Waals surface area contributed by atoms with Gasteiger partial charge in [0.1, 0.15) is 6.73 Å². The first-order valence-corrected chi connectivity index (χ1v) is 4.64. The van der Waals surface area contributed by atoms with Gasteiger partial charge in [-0.1, -0.05) is 37.3 Å². The third-order valence-electron chi connectivity index (χ3n) is 2.01. The Labute approximate surface area is 83.9 Å². The number of hydrogen-bond acceptors (Lipinski definition) is 3. The second-order valence-corrected chi connectivity index (χ2v) is 3.22. The SMILES string of the molecule is CC(Cc1ccccc1)C(=O)OCN. The molecule has 0 fully saturated rings. The van der Waals surface area contributed by atoms with Crippen LogP contribution in [-0.4, -0.2) is 12.7 Å². The van der Waals surface area contributed by atoms with Gasteiger partial charge in [0.05, 0.1) is 5.92 Å². The lowest BCUT2D eigenvalue weighted by molar-refractivity contribution is -0.147. The van der Waals surface area contributed by atoms with Crippen molar-refractivity contribution in [3.63, 3.8) is 0 Å². The van der Waals surface area contributed by atoms with Crippen LogP contribution in [-0.2, 0) is 16.0 Å². The summed E-state index contributed by atoms with van der Waals surface area (Å²) in [4.78, 5) is 11.2. The van der Waals surface area contributed by atoms with E-state index in [9.17, 15) is 4.79 Å². The van der Waals surface area contributed by atoms with Gasteiger partial charge in [0.15, 0.2) is 0 Å². The number of esters is 1. The normalized spacial score (nSPS) is 12.1. The minimum absolute atomic E-state index is 0.0437. The lowest BCUT2D eigenvalue weighted by Crippen LogP contribution is -2.20. The zero-order chi connectivity index (χ0) is 10.4. The van der Waals surface area contributed by atoms with Gasteiger partial charge >= 0.3 is 5.97 Å². The molecular weight excluding hydrogens is 178 g/mol. The largest absolute Gasteiger partial charge is 0.450 e. The van der Waals surface area contributed by atoms with Gasteiger partial charge in [-0.2, -0.15) is 0 Å². The van der Waals surface area contributed by atoms with Crippen molar-refractivity contribution in [2.24, 2.45) is 11.7 Å². The summed E-state index contributed by atoms with van der Waals surface area (Å²) in [7, 11) is 0. The Hall–Kier alpha value is -1.35. The fourth-order valence-electron chi connectivity index (χ4n) is 1.28. The van der Waals surface area contributed by atoms with Crippen LogP contribution in [0.4, 0.5) is 0 Å². The molecular formula is C11H15NO2. The van der Waals surface area contributed by atoms with Crippen LogP contribution >= 0.6 is 0 Å². The van der Waals surface area contributed by atoms with Crippen molar-refractivity contribution in [1.82, 2.24) is 0 Å². The van der Waals surface area contributed by atoms with Crippen molar-refractivity contribution in [3.05, 3.63) is 35.9 Å². The maximum atomic E-state index is 11.2. The van der Waals surface area contributed by atoms with Crippen LogP contribution < -0.4 is 5.73 Å². The highest BCUT2D eigenvalue weighted by Gasteiger charge is 2.13. The molecule has 0 aliphatic heterocycles. The van der Waals surface area contributed by atoms with Crippen LogP contribution in [0.3, 0.4) is 0 Å². The highest BCUT2D eigenvalue weighted by Crippen LogP contribution is 2.09. The van der Waals surface area contributed by atoms with Gasteiger partial charge < -0.3 is 4.74 Å². The topological polar surface area (TPSA) is 52.3 Å². The predicted molar refractivity (Wildman–Crippen MR) is 54.5 cm³/mol. The minimum Gasteiger partial charge on any atom is -0.450 e. The first-order chi connectivity index (χ1) is 6.74. The van der Waals surface area contributed by atoms with Crippen LogP contribution in [0.2, 0.25) is 0 Å². The Balaban J connectivity index is 2.49. The van der Waals surface area contributed by atoms with E-state index in [4.69, 9.17) is 10.5 Å². The Morgan fingerprint density at radius 2 is 2.07 bits per heavy atom. The van der Waals surface area contributed by atoms with Gasteiger partial charge in [-0.3, -0.25) is 10.5 Å². The molecule has 0 aromatic heterocycles. The van der Waals surface area contributed by atoms with Gasteiger partial charge in [0, 0.05) is 0 Å². The molecule has 0 amide bonds. The number of ether oxygens (including phenoxy) is 1. The molecule has 1 rings (SSSR count). The van der Waals surface area contributed by atoms with E-state index in [2.05, 4.69) is 0 Å². The van der Waals surface area contributed by atoms with E-state index in [1.165, 1.54) is 0 Å². The molecule has 76 valence electrons. The molecule has 0 radical (unpaired) electrons. The summed E-state index contributed by atoms with van der Waals surface area (Å²) < 4.78 is 4.71. The molecule has 1 atom stereocenters. The molecule has 2 N–H and O–H groups in total. The molecule has 0 aliphatic rings. The van der Waals surface area contributed by atoms with Crippen molar-refractivity contribution in [2.75, 3.05) is 6.73 Å². The third kappa shape index (κ3) is 3.18. The maximum absolute atomic E-state index is 11.2. The fraction of sp³-hybridized carbons (Fsp3) is 0.364. The van der Waals surface area contributed by atoms with Gasteiger partial charge in [0.25, 0.3) is 0 Å². The van der Waals surface area contributed by atoms with E-state index in [1.807, 2.05) is 37.3 Å². The summed E-state index contributed by atoms with van der Waals surface area (Å²) in [5.41, 5.74) is 6.25. The van der Waals surface area contributed by atoms with Gasteiger partial charge in [-0.15, -0.1) is 0 Å². The van der Waals surface area contributed by atoms with E-state index in [0.717, 1.165) is 5.56 Å². The van der Waals surface area contributed by atoms with E-state index in [-0.39, 0.29) is 18.6 Å². The standard InChI is InChI=1S/C11H15NO2/c1-9(11(13)14-8-12)7-10-5-3-2-4-6-10/h2-6,9H,7-8,12H2,1H3. The first kappa shape index (κ1) is 10.7. The van der Waals surface area contributed by atoms with Crippen molar-refractivity contribution >= 4 is 5.97 Å². The number of rotatable bonds is 4. The van der Waals surface area contributed by atoms with Gasteiger partial charge in [-0.05, 0) is 12.0 Å². The van der Waals surface area contributed by atoms with Gasteiger partial charge in [-0.25, -0.2) is 0 Å². The molecule has 1 aromatic rings. The Bertz CT molecular complexity index is 285. The zero-order valence-corrected chi connectivity index (χ0v) is 8.27. The molecule has 1 aromatic carbocycles. The van der Waals surface area contributed by atoms with Crippen LogP contribution in [0.25, 0.3) is 0 Å². The van der Waals surface area contributed by atoms with Crippen LogP contribution in [0.1, 0.15) is 12.5 Å². The average molecular weight is 193 g/mol. The Morgan fingerprint density at radius 3 is 2.64 bits per heavy atom. The second-order valence-electron chi connectivity index (χ2n) is 3.22. The molecule has 0 bridgehead atoms. The van der Waals surface area contributed by atoms with Crippen LogP contribution in [0, 0.1) is 5.92 Å². The van der Waals surface area contributed by atoms with Gasteiger partial charge in [0.2, 0.25) is 0 Å². The van der Waals surface area contributed by atoms with E-state index < -0.39 is 0 Å². The molecule has 1 unspecified atom stereocenters. The quantitative estimate of drug-likeness (QED) is 0.579. The summed E-state index contributed by atoms with van der Waals surface area (Å²) in [6, 6.07) is 9.84. The second kappa shape index (κ2) is 5.40. The summed E-state index contributed by atoms with van der Waals surface area (Å²) in [6.07, 6.45) is 0.694. The molecule has 3 nitrogen and oxygen atoms in total. The summed E-state index contributed by atoms with van der Waals surface area (Å²) >= 11 is 0. The molecule has 3 heteroatoms. The van der Waals surface area contributed by atoms with Crippen molar-refractivity contribution < 1.29 is 9.53 Å². The molecule has 0 spiro atoms. The summed E-state index contributed by atoms with van der Waals surface area (Å²) in [5, 5.41) is 0. The highest BCUT2D eigenvalue weighted by atomic mass is 16.5. The Morgan fingerprint density at radius 1 is 1.43 bits per heavy atom. The third-order valence-corrected chi connectivity index (χ3v) is 2.01. The predicted octanol–water partition coefficient (Wildman–Crippen LogP) is 1.32. The fourth-order valence-corrected chi connectivity index (χ4v) is 1.28. The number of carbonyl (C=O) groups excluding carboxylic acids is 1. The van der Waals surface area contributed by atoms with E-state index in [0.29, 0.717) is 6.42 Å².